The lowest BCUT2D eigenvalue weighted by molar-refractivity contribution is 0.183. The minimum absolute atomic E-state index is 0.280. The zero-order chi connectivity index (χ0) is 8.27. The van der Waals surface area contributed by atoms with Crippen LogP contribution in [0.1, 0.15) is 11.3 Å². The van der Waals surface area contributed by atoms with Crippen LogP contribution in [0.15, 0.2) is 6.20 Å². The van der Waals surface area contributed by atoms with Crippen molar-refractivity contribution >= 4 is 11.6 Å². The molecule has 0 saturated heterocycles. The molecule has 11 heavy (non-hydrogen) atoms. The van der Waals surface area contributed by atoms with Crippen LogP contribution in [0, 0.1) is 6.92 Å². The van der Waals surface area contributed by atoms with Gasteiger partial charge in [-0.1, -0.05) is 0 Å². The van der Waals surface area contributed by atoms with E-state index in [-0.39, 0.29) is 5.28 Å². The highest BCUT2D eigenvalue weighted by molar-refractivity contribution is 6.28. The predicted octanol–water partition coefficient (Wildman–Crippen LogP) is 1.58. The van der Waals surface area contributed by atoms with Gasteiger partial charge < -0.3 is 4.74 Å². The summed E-state index contributed by atoms with van der Waals surface area (Å²) in [5, 5.41) is 0.280. The molecular weight excluding hydrogens is 164 g/mol. The number of ether oxygens (including phenoxy) is 1. The molecular formula is C7H9ClN2O. The first-order valence-electron chi connectivity index (χ1n) is 3.21. The van der Waals surface area contributed by atoms with E-state index in [9.17, 15) is 0 Å². The van der Waals surface area contributed by atoms with Gasteiger partial charge in [-0.15, -0.1) is 0 Å². The Morgan fingerprint density at radius 1 is 1.64 bits per heavy atom. The molecule has 0 radical (unpaired) electrons. The maximum atomic E-state index is 5.55. The van der Waals surface area contributed by atoms with Crippen molar-refractivity contribution in [3.05, 3.63) is 22.7 Å². The first kappa shape index (κ1) is 8.43. The average Bonchev–Trinajstić information content (AvgIpc) is 1.95. The SMILES string of the molecule is COCc1cnc(Cl)nc1C. The second kappa shape index (κ2) is 3.64. The highest BCUT2D eigenvalue weighted by atomic mass is 35.5. The van der Waals surface area contributed by atoms with E-state index in [1.165, 1.54) is 0 Å². The Labute approximate surface area is 70.4 Å². The van der Waals surface area contributed by atoms with Crippen molar-refractivity contribution in [2.45, 2.75) is 13.5 Å². The van der Waals surface area contributed by atoms with E-state index in [2.05, 4.69) is 9.97 Å². The van der Waals surface area contributed by atoms with Gasteiger partial charge in [-0.2, -0.15) is 0 Å². The summed E-state index contributed by atoms with van der Waals surface area (Å²) in [6, 6.07) is 0. The monoisotopic (exact) mass is 172 g/mol. The van der Waals surface area contributed by atoms with Crippen LogP contribution in [0.4, 0.5) is 0 Å². The highest BCUT2D eigenvalue weighted by Gasteiger charge is 1.99. The van der Waals surface area contributed by atoms with Crippen LogP contribution >= 0.6 is 11.6 Å². The Balaban J connectivity index is 2.90. The molecule has 0 spiro atoms. The van der Waals surface area contributed by atoms with Gasteiger partial charge in [0.25, 0.3) is 0 Å². The van der Waals surface area contributed by atoms with Crippen molar-refractivity contribution in [2.75, 3.05) is 7.11 Å². The van der Waals surface area contributed by atoms with Crippen LogP contribution in [0.25, 0.3) is 0 Å². The lowest BCUT2D eigenvalue weighted by Gasteiger charge is -2.01. The molecule has 3 nitrogen and oxygen atoms in total. The van der Waals surface area contributed by atoms with Gasteiger partial charge in [-0.25, -0.2) is 9.97 Å². The fraction of sp³-hybridized carbons (Fsp3) is 0.429. The van der Waals surface area contributed by atoms with E-state index in [0.717, 1.165) is 11.3 Å². The molecule has 0 atom stereocenters. The molecule has 1 aromatic heterocycles. The average molecular weight is 173 g/mol. The minimum Gasteiger partial charge on any atom is -0.380 e. The Kier molecular flexibility index (Phi) is 2.79. The van der Waals surface area contributed by atoms with Gasteiger partial charge in [0.1, 0.15) is 0 Å². The molecule has 0 N–H and O–H groups in total. The summed E-state index contributed by atoms with van der Waals surface area (Å²) in [6.07, 6.45) is 1.67. The van der Waals surface area contributed by atoms with E-state index in [0.29, 0.717) is 6.61 Å². The van der Waals surface area contributed by atoms with E-state index in [1.807, 2.05) is 6.92 Å². The lowest BCUT2D eigenvalue weighted by Crippen LogP contribution is -1.96. The number of rotatable bonds is 2. The van der Waals surface area contributed by atoms with E-state index < -0.39 is 0 Å². The van der Waals surface area contributed by atoms with Gasteiger partial charge >= 0.3 is 0 Å². The standard InChI is InChI=1S/C7H9ClN2O/c1-5-6(4-11-2)3-9-7(8)10-5/h3H,4H2,1-2H3. The summed E-state index contributed by atoms with van der Waals surface area (Å²) < 4.78 is 4.93. The largest absolute Gasteiger partial charge is 0.380 e. The number of halogens is 1. The number of hydrogen-bond donors (Lipinski definition) is 0. The third-order valence-electron chi connectivity index (χ3n) is 1.35. The minimum atomic E-state index is 0.280. The molecule has 0 aromatic carbocycles. The molecule has 4 heteroatoms. The van der Waals surface area contributed by atoms with Crippen molar-refractivity contribution in [2.24, 2.45) is 0 Å². The Hall–Kier alpha value is -0.670. The first-order chi connectivity index (χ1) is 5.24. The topological polar surface area (TPSA) is 35.0 Å². The molecule has 0 amide bonds. The molecule has 0 fully saturated rings. The van der Waals surface area contributed by atoms with Crippen molar-refractivity contribution in [3.63, 3.8) is 0 Å². The van der Waals surface area contributed by atoms with Gasteiger partial charge in [0.2, 0.25) is 5.28 Å². The zero-order valence-corrected chi connectivity index (χ0v) is 7.22. The summed E-state index contributed by atoms with van der Waals surface area (Å²) in [5.74, 6) is 0. The molecule has 0 unspecified atom stereocenters. The molecule has 60 valence electrons. The molecule has 0 aliphatic heterocycles. The van der Waals surface area contributed by atoms with Crippen LogP contribution < -0.4 is 0 Å². The normalized spacial score (nSPS) is 10.1. The van der Waals surface area contributed by atoms with Crippen LogP contribution in [0.5, 0.6) is 0 Å². The maximum Gasteiger partial charge on any atom is 0.222 e. The molecule has 1 heterocycles. The molecule has 1 rings (SSSR count). The molecule has 0 saturated carbocycles. The van der Waals surface area contributed by atoms with Gasteiger partial charge in [0, 0.05) is 24.6 Å². The van der Waals surface area contributed by atoms with Crippen LogP contribution in [-0.2, 0) is 11.3 Å². The summed E-state index contributed by atoms with van der Waals surface area (Å²) in [4.78, 5) is 7.80. The number of nitrogens with zero attached hydrogens (tertiary/aromatic N) is 2. The fourth-order valence-electron chi connectivity index (χ4n) is 0.761. The Bertz CT molecular complexity index is 252. The maximum absolute atomic E-state index is 5.55. The molecule has 0 aliphatic carbocycles. The second-order valence-electron chi connectivity index (χ2n) is 2.18. The van der Waals surface area contributed by atoms with E-state index in [1.54, 1.807) is 13.3 Å². The quantitative estimate of drug-likeness (QED) is 0.636. The van der Waals surface area contributed by atoms with Gasteiger partial charge in [0.05, 0.1) is 6.61 Å². The smallest absolute Gasteiger partial charge is 0.222 e. The predicted molar refractivity (Wildman–Crippen MR) is 42.5 cm³/mol. The zero-order valence-electron chi connectivity index (χ0n) is 6.47. The number of methoxy groups -OCH3 is 1. The second-order valence-corrected chi connectivity index (χ2v) is 2.52. The lowest BCUT2D eigenvalue weighted by atomic mass is 10.3. The fourth-order valence-corrected chi connectivity index (χ4v) is 0.936. The van der Waals surface area contributed by atoms with Gasteiger partial charge in [0.15, 0.2) is 0 Å². The number of hydrogen-bond acceptors (Lipinski definition) is 3. The van der Waals surface area contributed by atoms with Gasteiger partial charge in [-0.05, 0) is 18.5 Å². The summed E-state index contributed by atoms with van der Waals surface area (Å²) in [7, 11) is 1.63. The summed E-state index contributed by atoms with van der Waals surface area (Å²) in [5.41, 5.74) is 1.84. The van der Waals surface area contributed by atoms with Crippen molar-refractivity contribution < 1.29 is 4.74 Å². The van der Waals surface area contributed by atoms with Crippen LogP contribution in [0.3, 0.4) is 0 Å². The van der Waals surface area contributed by atoms with Crippen molar-refractivity contribution in [1.82, 2.24) is 9.97 Å². The first-order valence-corrected chi connectivity index (χ1v) is 3.59. The number of aryl methyl sites for hydroxylation is 1. The third-order valence-corrected chi connectivity index (χ3v) is 1.53. The third kappa shape index (κ3) is 2.13. The summed E-state index contributed by atoms with van der Waals surface area (Å²) in [6.45, 7) is 2.41. The molecule has 0 aliphatic rings. The Morgan fingerprint density at radius 2 is 2.36 bits per heavy atom. The van der Waals surface area contributed by atoms with E-state index in [4.69, 9.17) is 16.3 Å². The number of aromatic nitrogens is 2. The summed E-state index contributed by atoms with van der Waals surface area (Å²) >= 11 is 5.55. The molecule has 1 aromatic rings. The van der Waals surface area contributed by atoms with Crippen LogP contribution in [0.2, 0.25) is 5.28 Å². The van der Waals surface area contributed by atoms with E-state index >= 15 is 0 Å². The van der Waals surface area contributed by atoms with Crippen LogP contribution in [-0.4, -0.2) is 17.1 Å². The van der Waals surface area contributed by atoms with Crippen molar-refractivity contribution in [3.8, 4) is 0 Å². The molecule has 0 bridgehead atoms. The van der Waals surface area contributed by atoms with Crippen molar-refractivity contribution in [1.29, 1.82) is 0 Å². The Morgan fingerprint density at radius 3 is 2.91 bits per heavy atom. The highest BCUT2D eigenvalue weighted by Crippen LogP contribution is 2.07. The van der Waals surface area contributed by atoms with Gasteiger partial charge in [-0.3, -0.25) is 0 Å².